The van der Waals surface area contributed by atoms with Crippen LogP contribution in [0.15, 0.2) is 10.6 Å². The number of thioether (sulfide) groups is 1. The van der Waals surface area contributed by atoms with Gasteiger partial charge in [-0.15, -0.1) is 11.8 Å². The Hall–Kier alpha value is -1.06. The summed E-state index contributed by atoms with van der Waals surface area (Å²) in [5.41, 5.74) is 0.0607. The van der Waals surface area contributed by atoms with Crippen LogP contribution >= 0.6 is 11.8 Å². The minimum Gasteiger partial charge on any atom is -0.477 e. The highest BCUT2D eigenvalue weighted by molar-refractivity contribution is 8.04. The summed E-state index contributed by atoms with van der Waals surface area (Å²) in [6.45, 7) is 0.258. The average Bonchev–Trinajstić information content (AvgIpc) is 2.56. The van der Waals surface area contributed by atoms with Crippen LogP contribution in [0, 0.1) is 0 Å². The minimum absolute atomic E-state index is 0.0607. The van der Waals surface area contributed by atoms with E-state index in [0.29, 0.717) is 24.2 Å². The Morgan fingerprint density at radius 3 is 2.79 bits per heavy atom. The SMILES string of the molecule is CS(=O)(=O)NCCCC1=C(C(=O)O)N2C(=O)C[C@@H]2S1. The van der Waals surface area contributed by atoms with Gasteiger partial charge in [0.15, 0.2) is 0 Å². The molecule has 19 heavy (non-hydrogen) atoms. The summed E-state index contributed by atoms with van der Waals surface area (Å²) in [5, 5.41) is 9.05. The molecule has 0 unspecified atom stereocenters. The Labute approximate surface area is 115 Å². The van der Waals surface area contributed by atoms with Gasteiger partial charge in [-0.1, -0.05) is 0 Å². The minimum atomic E-state index is -3.22. The van der Waals surface area contributed by atoms with Crippen LogP contribution in [0.5, 0.6) is 0 Å². The zero-order valence-corrected chi connectivity index (χ0v) is 11.9. The second-order valence-electron chi connectivity index (χ2n) is 4.39. The number of carboxylic acid groups (broad SMARTS) is 1. The summed E-state index contributed by atoms with van der Waals surface area (Å²) in [5.74, 6) is -1.27. The maximum Gasteiger partial charge on any atom is 0.353 e. The van der Waals surface area contributed by atoms with Gasteiger partial charge in [-0.2, -0.15) is 0 Å². The summed E-state index contributed by atoms with van der Waals surface area (Å²) >= 11 is 1.39. The van der Waals surface area contributed by atoms with Gasteiger partial charge in [0.1, 0.15) is 5.70 Å². The van der Waals surface area contributed by atoms with Crippen LogP contribution < -0.4 is 4.72 Å². The van der Waals surface area contributed by atoms with Crippen LogP contribution in [0.3, 0.4) is 0 Å². The molecule has 2 aliphatic rings. The fourth-order valence-corrected chi connectivity index (χ4v) is 3.97. The molecule has 0 aromatic carbocycles. The van der Waals surface area contributed by atoms with Gasteiger partial charge in [0.2, 0.25) is 15.9 Å². The van der Waals surface area contributed by atoms with Gasteiger partial charge < -0.3 is 5.11 Å². The first kappa shape index (κ1) is 14.4. The molecule has 7 nitrogen and oxygen atoms in total. The van der Waals surface area contributed by atoms with E-state index in [4.69, 9.17) is 5.11 Å². The van der Waals surface area contributed by atoms with E-state index in [0.717, 1.165) is 6.26 Å². The predicted octanol–water partition coefficient (Wildman–Crippen LogP) is -0.0828. The summed E-state index contributed by atoms with van der Waals surface area (Å²) in [6, 6.07) is 0. The lowest BCUT2D eigenvalue weighted by atomic mass is 10.1. The van der Waals surface area contributed by atoms with Crippen LogP contribution in [0.1, 0.15) is 19.3 Å². The molecular weight excluding hydrogens is 292 g/mol. The van der Waals surface area contributed by atoms with Gasteiger partial charge in [-0.05, 0) is 12.8 Å². The van der Waals surface area contributed by atoms with Crippen molar-refractivity contribution in [1.82, 2.24) is 9.62 Å². The summed E-state index contributed by atoms with van der Waals surface area (Å²) in [4.78, 5) is 24.5. The van der Waals surface area contributed by atoms with Crippen LogP contribution in [-0.4, -0.2) is 48.5 Å². The summed E-state index contributed by atoms with van der Waals surface area (Å²) < 4.78 is 24.1. The lowest BCUT2D eigenvalue weighted by molar-refractivity contribution is -0.145. The molecule has 0 aliphatic carbocycles. The van der Waals surface area contributed by atoms with Crippen molar-refractivity contribution in [2.24, 2.45) is 0 Å². The van der Waals surface area contributed by atoms with Crippen LogP contribution in [-0.2, 0) is 19.6 Å². The smallest absolute Gasteiger partial charge is 0.353 e. The standard InChI is InChI=1S/C10H14N2O5S2/c1-19(16,17)11-4-2-3-6-9(10(14)15)12-7(13)5-8(12)18-6/h8,11H,2-5H2,1H3,(H,14,15)/t8-/m0/s1. The Kier molecular flexibility index (Phi) is 3.88. The molecule has 0 bridgehead atoms. The number of hydrogen-bond acceptors (Lipinski definition) is 5. The number of carbonyl (C=O) groups is 2. The number of aliphatic carboxylic acids is 1. The van der Waals surface area contributed by atoms with Gasteiger partial charge in [-0.3, -0.25) is 9.69 Å². The molecule has 2 N–H and O–H groups in total. The molecule has 1 saturated heterocycles. The first-order valence-corrected chi connectivity index (χ1v) is 8.46. The van der Waals surface area contributed by atoms with Crippen LogP contribution in [0.25, 0.3) is 0 Å². The van der Waals surface area contributed by atoms with E-state index in [1.54, 1.807) is 0 Å². The summed E-state index contributed by atoms with van der Waals surface area (Å²) in [6.07, 6.45) is 2.40. The number of β-lactam (4-membered cyclic amide) rings is 1. The third-order valence-electron chi connectivity index (χ3n) is 2.84. The van der Waals surface area contributed by atoms with Gasteiger partial charge in [0, 0.05) is 11.4 Å². The molecule has 9 heteroatoms. The molecule has 2 aliphatic heterocycles. The highest BCUT2D eigenvalue weighted by Gasteiger charge is 2.47. The quantitative estimate of drug-likeness (QED) is 0.525. The Balaban J connectivity index is 1.96. The lowest BCUT2D eigenvalue weighted by Gasteiger charge is -2.33. The number of rotatable bonds is 6. The van der Waals surface area contributed by atoms with Gasteiger partial charge >= 0.3 is 5.97 Å². The van der Waals surface area contributed by atoms with Crippen molar-refractivity contribution < 1.29 is 23.1 Å². The predicted molar refractivity (Wildman–Crippen MR) is 69.6 cm³/mol. The number of allylic oxidation sites excluding steroid dienone is 1. The van der Waals surface area contributed by atoms with Crippen molar-refractivity contribution in [1.29, 1.82) is 0 Å². The van der Waals surface area contributed by atoms with E-state index in [1.807, 2.05) is 0 Å². The Morgan fingerprint density at radius 1 is 1.58 bits per heavy atom. The maximum atomic E-state index is 11.4. The molecule has 2 rings (SSSR count). The largest absolute Gasteiger partial charge is 0.477 e. The van der Waals surface area contributed by atoms with E-state index in [1.165, 1.54) is 16.7 Å². The number of carbonyl (C=O) groups excluding carboxylic acids is 1. The molecule has 1 amide bonds. The summed E-state index contributed by atoms with van der Waals surface area (Å²) in [7, 11) is -3.22. The van der Waals surface area contributed by atoms with Crippen molar-refractivity contribution in [3.8, 4) is 0 Å². The first-order chi connectivity index (χ1) is 8.79. The van der Waals surface area contributed by atoms with E-state index in [9.17, 15) is 18.0 Å². The number of amides is 1. The van der Waals surface area contributed by atoms with Gasteiger partial charge in [0.25, 0.3) is 0 Å². The fraction of sp³-hybridized carbons (Fsp3) is 0.600. The number of fused-ring (bicyclic) bond motifs is 1. The third kappa shape index (κ3) is 3.10. The van der Waals surface area contributed by atoms with Crippen LogP contribution in [0.2, 0.25) is 0 Å². The molecule has 2 heterocycles. The van der Waals surface area contributed by atoms with Crippen molar-refractivity contribution >= 4 is 33.7 Å². The molecule has 0 aromatic heterocycles. The monoisotopic (exact) mass is 306 g/mol. The molecule has 0 radical (unpaired) electrons. The van der Waals surface area contributed by atoms with E-state index in [-0.39, 0.29) is 23.5 Å². The van der Waals surface area contributed by atoms with Crippen molar-refractivity contribution in [3.63, 3.8) is 0 Å². The molecule has 1 fully saturated rings. The Morgan fingerprint density at radius 2 is 2.26 bits per heavy atom. The third-order valence-corrected chi connectivity index (χ3v) is 4.90. The number of hydrogen-bond donors (Lipinski definition) is 2. The van der Waals surface area contributed by atoms with Gasteiger partial charge in [-0.25, -0.2) is 17.9 Å². The topological polar surface area (TPSA) is 104 Å². The van der Waals surface area contributed by atoms with Gasteiger partial charge in [0.05, 0.1) is 18.1 Å². The Bertz CT molecular complexity index is 554. The number of carboxylic acids is 1. The number of nitrogens with zero attached hydrogens (tertiary/aromatic N) is 1. The maximum absolute atomic E-state index is 11.4. The fourth-order valence-electron chi connectivity index (χ4n) is 2.01. The van der Waals surface area contributed by atoms with E-state index in [2.05, 4.69) is 4.72 Å². The van der Waals surface area contributed by atoms with Crippen molar-refractivity contribution in [2.45, 2.75) is 24.6 Å². The zero-order valence-electron chi connectivity index (χ0n) is 10.2. The molecular formula is C10H14N2O5S2. The van der Waals surface area contributed by atoms with E-state index >= 15 is 0 Å². The molecule has 0 spiro atoms. The van der Waals surface area contributed by atoms with Crippen molar-refractivity contribution in [2.75, 3.05) is 12.8 Å². The highest BCUT2D eigenvalue weighted by atomic mass is 32.2. The second kappa shape index (κ2) is 5.14. The molecule has 0 saturated carbocycles. The second-order valence-corrected chi connectivity index (χ2v) is 7.49. The normalized spacial score (nSPS) is 22.5. The number of sulfonamides is 1. The molecule has 1 atom stereocenters. The molecule has 106 valence electrons. The average molecular weight is 306 g/mol. The lowest BCUT2D eigenvalue weighted by Crippen LogP contribution is -2.48. The number of nitrogens with one attached hydrogen (secondary N) is 1. The first-order valence-electron chi connectivity index (χ1n) is 5.69. The van der Waals surface area contributed by atoms with Crippen LogP contribution in [0.4, 0.5) is 0 Å². The van der Waals surface area contributed by atoms with E-state index < -0.39 is 16.0 Å². The van der Waals surface area contributed by atoms with Crippen molar-refractivity contribution in [3.05, 3.63) is 10.6 Å². The zero-order chi connectivity index (χ0) is 14.2. The molecule has 0 aromatic rings. The highest BCUT2D eigenvalue weighted by Crippen LogP contribution is 2.47.